The zero-order valence-corrected chi connectivity index (χ0v) is 7.34. The van der Waals surface area contributed by atoms with Gasteiger partial charge < -0.3 is 10.3 Å². The summed E-state index contributed by atoms with van der Waals surface area (Å²) in [5.41, 5.74) is 2.57. The van der Waals surface area contributed by atoms with Gasteiger partial charge in [0.15, 0.2) is 0 Å². The lowest BCUT2D eigenvalue weighted by atomic mass is 9.97. The van der Waals surface area contributed by atoms with Crippen LogP contribution < -0.4 is 10.9 Å². The Balaban J connectivity index is 2.17. The number of hydrogen-bond acceptors (Lipinski definition) is 2. The standard InChI is InChI=1S/C10H12N2O/c13-10-4-6-3-7-1-2-9(12-7)8(6)5-11-10/h4-5,7,9,12H,1-3H2,(H,11,13)/t7-,9?/m0/s1. The van der Waals surface area contributed by atoms with E-state index in [1.807, 2.05) is 6.20 Å². The van der Waals surface area contributed by atoms with Crippen LogP contribution in [0.2, 0.25) is 0 Å². The maximum atomic E-state index is 11.1. The van der Waals surface area contributed by atoms with Gasteiger partial charge in [0, 0.05) is 24.3 Å². The summed E-state index contributed by atoms with van der Waals surface area (Å²) in [7, 11) is 0. The monoisotopic (exact) mass is 176 g/mol. The third-order valence-electron chi connectivity index (χ3n) is 3.13. The first kappa shape index (κ1) is 7.33. The van der Waals surface area contributed by atoms with Crippen molar-refractivity contribution in [2.45, 2.75) is 31.3 Å². The van der Waals surface area contributed by atoms with Gasteiger partial charge in [0.25, 0.3) is 0 Å². The van der Waals surface area contributed by atoms with Gasteiger partial charge in [-0.05, 0) is 30.4 Å². The topological polar surface area (TPSA) is 44.9 Å². The Hall–Kier alpha value is -1.09. The summed E-state index contributed by atoms with van der Waals surface area (Å²) in [6.45, 7) is 0. The van der Waals surface area contributed by atoms with E-state index in [2.05, 4.69) is 10.3 Å². The van der Waals surface area contributed by atoms with E-state index in [0.29, 0.717) is 12.1 Å². The Morgan fingerprint density at radius 1 is 1.38 bits per heavy atom. The van der Waals surface area contributed by atoms with E-state index in [4.69, 9.17) is 0 Å². The van der Waals surface area contributed by atoms with E-state index >= 15 is 0 Å². The molecule has 13 heavy (non-hydrogen) atoms. The molecule has 2 N–H and O–H groups in total. The molecule has 3 nitrogen and oxygen atoms in total. The van der Waals surface area contributed by atoms with Crippen LogP contribution in [-0.2, 0) is 6.42 Å². The second-order valence-corrected chi connectivity index (χ2v) is 3.98. The maximum Gasteiger partial charge on any atom is 0.248 e. The molecule has 1 unspecified atom stereocenters. The molecule has 3 rings (SSSR count). The smallest absolute Gasteiger partial charge is 0.248 e. The van der Waals surface area contributed by atoms with Gasteiger partial charge in [0.2, 0.25) is 5.56 Å². The number of fused-ring (bicyclic) bond motifs is 4. The van der Waals surface area contributed by atoms with Crippen molar-refractivity contribution >= 4 is 0 Å². The minimum absolute atomic E-state index is 0.0278. The zero-order chi connectivity index (χ0) is 8.84. The summed E-state index contributed by atoms with van der Waals surface area (Å²) in [5, 5.41) is 3.54. The fourth-order valence-corrected chi connectivity index (χ4v) is 2.52. The van der Waals surface area contributed by atoms with Gasteiger partial charge in [-0.1, -0.05) is 0 Å². The molecular formula is C10H12N2O. The molecule has 1 aromatic heterocycles. The number of nitrogens with one attached hydrogen (secondary N) is 2. The third-order valence-corrected chi connectivity index (χ3v) is 3.13. The maximum absolute atomic E-state index is 11.1. The van der Waals surface area contributed by atoms with E-state index in [-0.39, 0.29) is 5.56 Å². The summed E-state index contributed by atoms with van der Waals surface area (Å²) in [5.74, 6) is 0. The van der Waals surface area contributed by atoms with E-state index in [9.17, 15) is 4.79 Å². The van der Waals surface area contributed by atoms with Gasteiger partial charge in [-0.15, -0.1) is 0 Å². The van der Waals surface area contributed by atoms with Crippen LogP contribution in [0.3, 0.4) is 0 Å². The van der Waals surface area contributed by atoms with Crippen LogP contribution >= 0.6 is 0 Å². The Morgan fingerprint density at radius 3 is 3.23 bits per heavy atom. The van der Waals surface area contributed by atoms with Crippen molar-refractivity contribution in [3.63, 3.8) is 0 Å². The van der Waals surface area contributed by atoms with Crippen LogP contribution in [0.5, 0.6) is 0 Å². The first-order chi connectivity index (χ1) is 6.33. The predicted molar refractivity (Wildman–Crippen MR) is 49.7 cm³/mol. The minimum Gasteiger partial charge on any atom is -0.329 e. The van der Waals surface area contributed by atoms with Crippen molar-refractivity contribution in [3.8, 4) is 0 Å². The Morgan fingerprint density at radius 2 is 2.31 bits per heavy atom. The fraction of sp³-hybridized carbons (Fsp3) is 0.500. The second kappa shape index (κ2) is 2.45. The van der Waals surface area contributed by atoms with Crippen molar-refractivity contribution < 1.29 is 0 Å². The molecule has 0 radical (unpaired) electrons. The van der Waals surface area contributed by atoms with Gasteiger partial charge >= 0.3 is 0 Å². The van der Waals surface area contributed by atoms with Crippen molar-refractivity contribution in [3.05, 3.63) is 33.7 Å². The van der Waals surface area contributed by atoms with Crippen LogP contribution in [-0.4, -0.2) is 11.0 Å². The average molecular weight is 176 g/mol. The average Bonchev–Trinajstić information content (AvgIpc) is 2.48. The molecule has 0 aliphatic carbocycles. The quantitative estimate of drug-likeness (QED) is 0.612. The molecule has 3 heterocycles. The molecule has 2 aliphatic heterocycles. The van der Waals surface area contributed by atoms with Crippen LogP contribution in [0, 0.1) is 0 Å². The molecule has 1 aromatic rings. The van der Waals surface area contributed by atoms with Crippen molar-refractivity contribution in [1.29, 1.82) is 0 Å². The summed E-state index contributed by atoms with van der Waals surface area (Å²) >= 11 is 0. The lowest BCUT2D eigenvalue weighted by molar-refractivity contribution is 0.513. The van der Waals surface area contributed by atoms with Gasteiger partial charge in [0.05, 0.1) is 0 Å². The van der Waals surface area contributed by atoms with Crippen LogP contribution in [0.1, 0.15) is 30.0 Å². The lowest BCUT2D eigenvalue weighted by Crippen LogP contribution is -2.32. The fourth-order valence-electron chi connectivity index (χ4n) is 2.52. The van der Waals surface area contributed by atoms with Crippen molar-refractivity contribution in [1.82, 2.24) is 10.3 Å². The van der Waals surface area contributed by atoms with Crippen LogP contribution in [0.15, 0.2) is 17.1 Å². The largest absolute Gasteiger partial charge is 0.329 e. The van der Waals surface area contributed by atoms with Gasteiger partial charge in [-0.3, -0.25) is 4.79 Å². The van der Waals surface area contributed by atoms with Crippen LogP contribution in [0.25, 0.3) is 0 Å². The number of aromatic amines is 1. The lowest BCUT2D eigenvalue weighted by Gasteiger charge is -2.23. The number of H-pyrrole nitrogens is 1. The minimum atomic E-state index is 0.0278. The SMILES string of the molecule is O=c1cc2c(c[nH]1)C1CC[C@@H](C2)N1. The van der Waals surface area contributed by atoms with Crippen molar-refractivity contribution in [2.75, 3.05) is 0 Å². The van der Waals surface area contributed by atoms with E-state index in [1.54, 1.807) is 6.07 Å². The van der Waals surface area contributed by atoms with Gasteiger partial charge in [0.1, 0.15) is 0 Å². The van der Waals surface area contributed by atoms with E-state index in [0.717, 1.165) is 6.42 Å². The highest BCUT2D eigenvalue weighted by Crippen LogP contribution is 2.34. The molecule has 1 fully saturated rings. The first-order valence-electron chi connectivity index (χ1n) is 4.80. The normalized spacial score (nSPS) is 30.2. The summed E-state index contributed by atoms with van der Waals surface area (Å²) in [6.07, 6.45) is 5.35. The predicted octanol–water partition coefficient (Wildman–Crippen LogP) is 0.724. The van der Waals surface area contributed by atoms with E-state index < -0.39 is 0 Å². The molecule has 2 aliphatic rings. The molecule has 2 bridgehead atoms. The highest BCUT2D eigenvalue weighted by Gasteiger charge is 2.31. The van der Waals surface area contributed by atoms with Crippen molar-refractivity contribution in [2.24, 2.45) is 0 Å². The molecule has 2 atom stereocenters. The summed E-state index contributed by atoms with van der Waals surface area (Å²) < 4.78 is 0. The molecule has 0 saturated carbocycles. The van der Waals surface area contributed by atoms with E-state index in [1.165, 1.54) is 24.0 Å². The van der Waals surface area contributed by atoms with Gasteiger partial charge in [-0.25, -0.2) is 0 Å². The second-order valence-electron chi connectivity index (χ2n) is 3.98. The van der Waals surface area contributed by atoms with Crippen LogP contribution in [0.4, 0.5) is 0 Å². The molecule has 3 heteroatoms. The highest BCUT2D eigenvalue weighted by atomic mass is 16.1. The Bertz CT molecular complexity index is 396. The Kier molecular flexibility index (Phi) is 1.38. The number of rotatable bonds is 0. The Labute approximate surface area is 76.2 Å². The molecule has 0 spiro atoms. The summed E-state index contributed by atoms with van der Waals surface area (Å²) in [6, 6.07) is 2.85. The number of hydrogen-bond donors (Lipinski definition) is 2. The number of pyridine rings is 1. The summed E-state index contributed by atoms with van der Waals surface area (Å²) in [4.78, 5) is 13.8. The number of aromatic nitrogens is 1. The molecule has 68 valence electrons. The zero-order valence-electron chi connectivity index (χ0n) is 7.34. The molecule has 0 amide bonds. The van der Waals surface area contributed by atoms with Gasteiger partial charge in [-0.2, -0.15) is 0 Å². The third kappa shape index (κ3) is 1.04. The molecule has 0 aromatic carbocycles. The molecule has 1 saturated heterocycles. The molecular weight excluding hydrogens is 164 g/mol. The first-order valence-corrected chi connectivity index (χ1v) is 4.80. The highest BCUT2D eigenvalue weighted by molar-refractivity contribution is 5.32.